The van der Waals surface area contributed by atoms with E-state index in [2.05, 4.69) is 20.8 Å². The van der Waals surface area contributed by atoms with Gasteiger partial charge in [-0.25, -0.2) is 8.78 Å². The first-order chi connectivity index (χ1) is 21.4. The molecule has 4 aromatic rings. The van der Waals surface area contributed by atoms with Crippen LogP contribution in [-0.2, 0) is 9.47 Å². The van der Waals surface area contributed by atoms with E-state index in [9.17, 15) is 9.50 Å². The van der Waals surface area contributed by atoms with Crippen molar-refractivity contribution < 1.29 is 28.1 Å². The van der Waals surface area contributed by atoms with Gasteiger partial charge in [-0.3, -0.25) is 9.88 Å². The molecule has 9 nitrogen and oxygen atoms in total. The summed E-state index contributed by atoms with van der Waals surface area (Å²) in [4.78, 5) is 18.3. The van der Waals surface area contributed by atoms with Crippen LogP contribution in [0.25, 0.3) is 32.9 Å². The molecule has 228 valence electrons. The SMILES string of the molecule is C#Cc1c(F)ccc2cc(O)cc(-c3ncc4c(N5CCOC(COC)C5)nc(OCC56CCCN5CCC6)nc4c3F)c12. The lowest BCUT2D eigenvalue weighted by Gasteiger charge is -2.34. The second-order valence-corrected chi connectivity index (χ2v) is 11.8. The summed E-state index contributed by atoms with van der Waals surface area (Å²) in [6.07, 6.45) is 11.3. The summed E-state index contributed by atoms with van der Waals surface area (Å²) >= 11 is 0. The van der Waals surface area contributed by atoms with Gasteiger partial charge in [-0.2, -0.15) is 9.97 Å². The van der Waals surface area contributed by atoms with Gasteiger partial charge < -0.3 is 24.2 Å². The van der Waals surface area contributed by atoms with Gasteiger partial charge in [0.1, 0.15) is 35.2 Å². The molecule has 3 fully saturated rings. The molecular weight excluding hydrogens is 568 g/mol. The van der Waals surface area contributed by atoms with Crippen LogP contribution in [0.5, 0.6) is 11.8 Å². The number of ether oxygens (including phenoxy) is 3. The van der Waals surface area contributed by atoms with Gasteiger partial charge >= 0.3 is 6.01 Å². The van der Waals surface area contributed by atoms with Crippen LogP contribution in [0.4, 0.5) is 14.6 Å². The fourth-order valence-corrected chi connectivity index (χ4v) is 7.13. The zero-order valence-electron chi connectivity index (χ0n) is 24.5. The molecule has 2 aromatic carbocycles. The molecule has 5 heterocycles. The number of hydrogen-bond acceptors (Lipinski definition) is 9. The summed E-state index contributed by atoms with van der Waals surface area (Å²) in [6, 6.07) is 5.58. The third-order valence-corrected chi connectivity index (χ3v) is 9.17. The molecule has 0 amide bonds. The summed E-state index contributed by atoms with van der Waals surface area (Å²) < 4.78 is 49.0. The van der Waals surface area contributed by atoms with Gasteiger partial charge in [-0.15, -0.1) is 6.42 Å². The second-order valence-electron chi connectivity index (χ2n) is 11.8. The second kappa shape index (κ2) is 11.4. The van der Waals surface area contributed by atoms with Crippen LogP contribution < -0.4 is 9.64 Å². The number of nitrogens with zero attached hydrogens (tertiary/aromatic N) is 5. The number of phenols is 1. The Balaban J connectivity index is 1.37. The highest BCUT2D eigenvalue weighted by molar-refractivity contribution is 6.03. The Kier molecular flexibility index (Phi) is 7.44. The summed E-state index contributed by atoms with van der Waals surface area (Å²) in [7, 11) is 1.62. The van der Waals surface area contributed by atoms with Crippen molar-refractivity contribution in [2.24, 2.45) is 0 Å². The monoisotopic (exact) mass is 601 g/mol. The molecule has 44 heavy (non-hydrogen) atoms. The van der Waals surface area contributed by atoms with Crippen LogP contribution in [0.2, 0.25) is 0 Å². The highest BCUT2D eigenvalue weighted by atomic mass is 19.1. The lowest BCUT2D eigenvalue weighted by atomic mass is 9.95. The average molecular weight is 602 g/mol. The zero-order valence-corrected chi connectivity index (χ0v) is 24.5. The number of halogens is 2. The number of hydrogen-bond donors (Lipinski definition) is 1. The van der Waals surface area contributed by atoms with Gasteiger partial charge in [0.25, 0.3) is 0 Å². The Hall–Kier alpha value is -4.11. The third kappa shape index (κ3) is 4.87. The van der Waals surface area contributed by atoms with Crippen LogP contribution in [0, 0.1) is 24.0 Å². The van der Waals surface area contributed by atoms with E-state index in [1.165, 1.54) is 30.5 Å². The Labute approximate surface area is 253 Å². The largest absolute Gasteiger partial charge is 0.508 e. The molecule has 1 unspecified atom stereocenters. The molecule has 1 N–H and O–H groups in total. The van der Waals surface area contributed by atoms with Crippen molar-refractivity contribution in [3.05, 3.63) is 47.7 Å². The Morgan fingerprint density at radius 1 is 1.16 bits per heavy atom. The van der Waals surface area contributed by atoms with Crippen LogP contribution >= 0.6 is 0 Å². The number of aromatic hydroxyl groups is 1. The van der Waals surface area contributed by atoms with Gasteiger partial charge in [0.2, 0.25) is 0 Å². The van der Waals surface area contributed by atoms with Crippen LogP contribution in [0.3, 0.4) is 0 Å². The summed E-state index contributed by atoms with van der Waals surface area (Å²) in [6.45, 7) is 4.34. The quantitative estimate of drug-likeness (QED) is 0.304. The standard InChI is InChI=1S/C33H33F2N5O4/c1-3-23-26(34)7-6-20-14-21(41)15-24(27(20)23)29-28(35)30-25(16-36-29)31(39-12-13-43-22(17-39)18-42-2)38-32(37-30)44-19-33-8-4-10-40(33)11-5-9-33/h1,6-7,14-16,22,41H,4-5,8-13,17-19H2,2H3. The first-order valence-electron chi connectivity index (χ1n) is 14.9. The fourth-order valence-electron chi connectivity index (χ4n) is 7.13. The maximum absolute atomic E-state index is 16.7. The molecule has 3 aliphatic rings. The normalized spacial score (nSPS) is 19.9. The van der Waals surface area contributed by atoms with E-state index in [0.717, 1.165) is 38.8 Å². The summed E-state index contributed by atoms with van der Waals surface area (Å²) in [5, 5.41) is 11.6. The molecule has 7 rings (SSSR count). The number of fused-ring (bicyclic) bond motifs is 3. The van der Waals surface area contributed by atoms with Crippen molar-refractivity contribution in [1.82, 2.24) is 19.9 Å². The Bertz CT molecular complexity index is 1780. The Morgan fingerprint density at radius 3 is 2.75 bits per heavy atom. The first-order valence-corrected chi connectivity index (χ1v) is 14.9. The van der Waals surface area contributed by atoms with Gasteiger partial charge in [-0.05, 0) is 62.4 Å². The third-order valence-electron chi connectivity index (χ3n) is 9.17. The van der Waals surface area contributed by atoms with E-state index < -0.39 is 11.6 Å². The number of pyridine rings is 1. The van der Waals surface area contributed by atoms with E-state index >= 15 is 4.39 Å². The molecule has 3 saturated heterocycles. The van der Waals surface area contributed by atoms with E-state index in [1.807, 2.05) is 4.90 Å². The lowest BCUT2D eigenvalue weighted by molar-refractivity contribution is -0.0102. The zero-order chi connectivity index (χ0) is 30.4. The van der Waals surface area contributed by atoms with E-state index in [4.69, 9.17) is 25.6 Å². The highest BCUT2D eigenvalue weighted by Gasteiger charge is 2.45. The van der Waals surface area contributed by atoms with Crippen molar-refractivity contribution in [2.75, 3.05) is 58.0 Å². The van der Waals surface area contributed by atoms with Crippen LogP contribution in [0.1, 0.15) is 31.2 Å². The molecule has 1 atom stereocenters. The smallest absolute Gasteiger partial charge is 0.319 e. The van der Waals surface area contributed by atoms with Crippen molar-refractivity contribution >= 4 is 27.5 Å². The van der Waals surface area contributed by atoms with Crippen molar-refractivity contribution in [1.29, 1.82) is 0 Å². The van der Waals surface area contributed by atoms with Gasteiger partial charge in [-0.1, -0.05) is 12.0 Å². The van der Waals surface area contributed by atoms with Crippen molar-refractivity contribution in [2.45, 2.75) is 37.3 Å². The highest BCUT2D eigenvalue weighted by Crippen LogP contribution is 2.41. The lowest BCUT2D eigenvalue weighted by Crippen LogP contribution is -2.45. The van der Waals surface area contributed by atoms with Crippen molar-refractivity contribution in [3.63, 3.8) is 0 Å². The van der Waals surface area contributed by atoms with Gasteiger partial charge in [0, 0.05) is 37.3 Å². The van der Waals surface area contributed by atoms with E-state index in [-0.39, 0.29) is 51.1 Å². The molecule has 2 aromatic heterocycles. The predicted octanol–water partition coefficient (Wildman–Crippen LogP) is 4.67. The topological polar surface area (TPSA) is 93.1 Å². The van der Waals surface area contributed by atoms with Crippen LogP contribution in [0.15, 0.2) is 30.5 Å². The number of terminal acetylenes is 1. The predicted molar refractivity (Wildman–Crippen MR) is 162 cm³/mol. The Morgan fingerprint density at radius 2 is 1.98 bits per heavy atom. The number of methoxy groups -OCH3 is 1. The number of rotatable bonds is 7. The molecule has 0 radical (unpaired) electrons. The summed E-state index contributed by atoms with van der Waals surface area (Å²) in [5.74, 6) is 1.35. The molecule has 0 saturated carbocycles. The summed E-state index contributed by atoms with van der Waals surface area (Å²) in [5.41, 5.74) is -0.0500. The average Bonchev–Trinajstić information content (AvgIpc) is 3.61. The molecule has 3 aliphatic heterocycles. The number of phenolic OH excluding ortho intramolecular Hbond substituents is 1. The minimum Gasteiger partial charge on any atom is -0.508 e. The van der Waals surface area contributed by atoms with E-state index in [0.29, 0.717) is 49.5 Å². The molecule has 0 aliphatic carbocycles. The molecule has 11 heteroatoms. The maximum Gasteiger partial charge on any atom is 0.319 e. The minimum absolute atomic E-state index is 0.00661. The molecule has 0 bridgehead atoms. The van der Waals surface area contributed by atoms with E-state index in [1.54, 1.807) is 7.11 Å². The van der Waals surface area contributed by atoms with Crippen LogP contribution in [-0.4, -0.2) is 89.7 Å². The van der Waals surface area contributed by atoms with Crippen molar-refractivity contribution in [3.8, 4) is 35.4 Å². The number of anilines is 1. The molecule has 0 spiro atoms. The minimum atomic E-state index is -0.752. The number of benzene rings is 2. The fraction of sp³-hybridized carbons (Fsp3) is 0.424. The maximum atomic E-state index is 16.7. The van der Waals surface area contributed by atoms with Gasteiger partial charge in [0.05, 0.1) is 35.8 Å². The first kappa shape index (κ1) is 28.6. The number of morpholine rings is 1. The number of aromatic nitrogens is 3. The van der Waals surface area contributed by atoms with Gasteiger partial charge in [0.15, 0.2) is 5.82 Å². The molecular formula is C33H33F2N5O4.